The molecule has 2 aromatic heterocycles. The molecule has 0 saturated heterocycles. The number of nitrogens with two attached hydrogens (primary N) is 1. The first-order valence-corrected chi connectivity index (χ1v) is 6.64. The molecule has 2 heterocycles. The summed E-state index contributed by atoms with van der Waals surface area (Å²) in [6.07, 6.45) is 7.30. The Kier molecular flexibility index (Phi) is 4.86. The number of anilines is 1. The van der Waals surface area contributed by atoms with E-state index in [1.165, 1.54) is 5.56 Å². The maximum absolute atomic E-state index is 5.92. The minimum Gasteiger partial charge on any atom is -0.383 e. The van der Waals surface area contributed by atoms with Gasteiger partial charge in [0.25, 0.3) is 0 Å². The topological polar surface area (TPSA) is 63.8 Å². The second kappa shape index (κ2) is 6.85. The zero-order chi connectivity index (χ0) is 13.5. The highest BCUT2D eigenvalue weighted by molar-refractivity contribution is 5.39. The monoisotopic (exact) mass is 256 g/mol. The van der Waals surface area contributed by atoms with E-state index in [9.17, 15) is 0 Å². The fourth-order valence-corrected chi connectivity index (χ4v) is 2.07. The van der Waals surface area contributed by atoms with Crippen molar-refractivity contribution < 1.29 is 0 Å². The first-order chi connectivity index (χ1) is 9.31. The normalized spacial score (nSPS) is 12.3. The van der Waals surface area contributed by atoms with Crippen LogP contribution in [0.2, 0.25) is 0 Å². The van der Waals surface area contributed by atoms with Crippen molar-refractivity contribution in [1.82, 2.24) is 15.3 Å². The van der Waals surface area contributed by atoms with Crippen LogP contribution in [-0.2, 0) is 6.42 Å². The summed E-state index contributed by atoms with van der Waals surface area (Å²) >= 11 is 0. The van der Waals surface area contributed by atoms with Crippen LogP contribution in [0, 0.1) is 0 Å². The summed E-state index contributed by atoms with van der Waals surface area (Å²) in [5.74, 6) is 0.611. The van der Waals surface area contributed by atoms with Crippen molar-refractivity contribution in [2.75, 3.05) is 12.3 Å². The summed E-state index contributed by atoms with van der Waals surface area (Å²) in [5.41, 5.74) is 8.23. The van der Waals surface area contributed by atoms with E-state index in [0.717, 1.165) is 24.9 Å². The van der Waals surface area contributed by atoms with Gasteiger partial charge in [0.1, 0.15) is 5.82 Å². The van der Waals surface area contributed by atoms with Crippen molar-refractivity contribution in [3.05, 3.63) is 54.0 Å². The minimum absolute atomic E-state index is 0.245. The van der Waals surface area contributed by atoms with Crippen molar-refractivity contribution in [3.63, 3.8) is 0 Å². The fourth-order valence-electron chi connectivity index (χ4n) is 2.07. The molecule has 0 radical (unpaired) electrons. The molecule has 100 valence electrons. The third-order valence-corrected chi connectivity index (χ3v) is 3.10. The number of nitrogens with one attached hydrogen (secondary N) is 1. The number of aromatic nitrogens is 2. The Bertz CT molecular complexity index is 499. The molecule has 2 rings (SSSR count). The van der Waals surface area contributed by atoms with Gasteiger partial charge >= 0.3 is 0 Å². The summed E-state index contributed by atoms with van der Waals surface area (Å²) in [6, 6.07) is 8.29. The average Bonchev–Trinajstić information content (AvgIpc) is 2.46. The number of nitrogen functional groups attached to an aromatic ring is 1. The van der Waals surface area contributed by atoms with Crippen LogP contribution in [0.3, 0.4) is 0 Å². The summed E-state index contributed by atoms with van der Waals surface area (Å²) in [5, 5.41) is 3.55. The van der Waals surface area contributed by atoms with E-state index in [0.29, 0.717) is 5.82 Å². The van der Waals surface area contributed by atoms with Gasteiger partial charge in [-0.1, -0.05) is 13.0 Å². The maximum atomic E-state index is 5.92. The number of hydrogen-bond donors (Lipinski definition) is 2. The van der Waals surface area contributed by atoms with Crippen LogP contribution in [0.25, 0.3) is 0 Å². The van der Waals surface area contributed by atoms with Crippen LogP contribution in [0.5, 0.6) is 0 Å². The quantitative estimate of drug-likeness (QED) is 0.832. The van der Waals surface area contributed by atoms with E-state index in [2.05, 4.69) is 22.2 Å². The molecule has 3 N–H and O–H groups in total. The Morgan fingerprint density at radius 2 is 2.00 bits per heavy atom. The Hall–Kier alpha value is -1.94. The molecular weight excluding hydrogens is 236 g/mol. The van der Waals surface area contributed by atoms with E-state index >= 15 is 0 Å². The minimum atomic E-state index is 0.245. The second-order valence-electron chi connectivity index (χ2n) is 4.54. The smallest absolute Gasteiger partial charge is 0.126 e. The molecule has 0 aliphatic carbocycles. The highest BCUT2D eigenvalue weighted by Crippen LogP contribution is 2.20. The van der Waals surface area contributed by atoms with Gasteiger partial charge in [-0.15, -0.1) is 0 Å². The molecule has 19 heavy (non-hydrogen) atoms. The van der Waals surface area contributed by atoms with E-state index in [1.54, 1.807) is 6.20 Å². The first-order valence-electron chi connectivity index (χ1n) is 6.64. The van der Waals surface area contributed by atoms with Gasteiger partial charge < -0.3 is 11.1 Å². The predicted octanol–water partition coefficient (Wildman–Crippen LogP) is 2.34. The van der Waals surface area contributed by atoms with Gasteiger partial charge in [0.05, 0.1) is 0 Å². The molecule has 0 amide bonds. The zero-order valence-corrected chi connectivity index (χ0v) is 11.2. The molecule has 4 nitrogen and oxygen atoms in total. The standard InChI is InChI=1S/C15H20N4/c1-2-7-18-14(12-5-9-17-10-6-12)11-13-4-3-8-19-15(13)16/h3-6,8-10,14,18H,2,7,11H2,1H3,(H2,16,19). The van der Waals surface area contributed by atoms with Crippen molar-refractivity contribution in [1.29, 1.82) is 0 Å². The largest absolute Gasteiger partial charge is 0.383 e. The lowest BCUT2D eigenvalue weighted by Crippen LogP contribution is -2.24. The Morgan fingerprint density at radius 3 is 2.68 bits per heavy atom. The van der Waals surface area contributed by atoms with Crippen LogP contribution in [0.4, 0.5) is 5.82 Å². The predicted molar refractivity (Wildman–Crippen MR) is 77.6 cm³/mol. The van der Waals surface area contributed by atoms with Gasteiger partial charge in [0.15, 0.2) is 0 Å². The molecule has 0 aromatic carbocycles. The van der Waals surface area contributed by atoms with Crippen molar-refractivity contribution in [3.8, 4) is 0 Å². The molecule has 0 aliphatic rings. The van der Waals surface area contributed by atoms with Crippen molar-refractivity contribution in [2.24, 2.45) is 0 Å². The Morgan fingerprint density at radius 1 is 1.21 bits per heavy atom. The lowest BCUT2D eigenvalue weighted by atomic mass is 10.00. The first kappa shape index (κ1) is 13.5. The van der Waals surface area contributed by atoms with E-state index in [4.69, 9.17) is 5.73 Å². The number of pyridine rings is 2. The lowest BCUT2D eigenvalue weighted by Gasteiger charge is -2.19. The molecule has 0 bridgehead atoms. The van der Waals surface area contributed by atoms with Crippen LogP contribution >= 0.6 is 0 Å². The van der Waals surface area contributed by atoms with Gasteiger partial charge in [-0.2, -0.15) is 0 Å². The number of rotatable bonds is 6. The van der Waals surface area contributed by atoms with Gasteiger partial charge in [0.2, 0.25) is 0 Å². The van der Waals surface area contributed by atoms with Gasteiger partial charge in [-0.05, 0) is 48.7 Å². The highest BCUT2D eigenvalue weighted by Gasteiger charge is 2.13. The van der Waals surface area contributed by atoms with E-state index in [-0.39, 0.29) is 6.04 Å². The van der Waals surface area contributed by atoms with E-state index < -0.39 is 0 Å². The highest BCUT2D eigenvalue weighted by atomic mass is 14.9. The number of hydrogen-bond acceptors (Lipinski definition) is 4. The second-order valence-corrected chi connectivity index (χ2v) is 4.54. The molecule has 0 fully saturated rings. The van der Waals surface area contributed by atoms with Crippen LogP contribution in [0.15, 0.2) is 42.9 Å². The zero-order valence-electron chi connectivity index (χ0n) is 11.2. The van der Waals surface area contributed by atoms with Crippen molar-refractivity contribution in [2.45, 2.75) is 25.8 Å². The van der Waals surface area contributed by atoms with Gasteiger partial charge in [0, 0.05) is 24.6 Å². The summed E-state index contributed by atoms with van der Waals surface area (Å²) in [6.45, 7) is 3.14. The van der Waals surface area contributed by atoms with Crippen LogP contribution < -0.4 is 11.1 Å². The third kappa shape index (κ3) is 3.76. The molecule has 2 aromatic rings. The van der Waals surface area contributed by atoms with Gasteiger partial charge in [-0.3, -0.25) is 4.98 Å². The number of nitrogens with zero attached hydrogens (tertiary/aromatic N) is 2. The Balaban J connectivity index is 2.17. The fraction of sp³-hybridized carbons (Fsp3) is 0.333. The SMILES string of the molecule is CCCNC(Cc1cccnc1N)c1ccncc1. The summed E-state index contributed by atoms with van der Waals surface area (Å²) < 4.78 is 0. The third-order valence-electron chi connectivity index (χ3n) is 3.10. The summed E-state index contributed by atoms with van der Waals surface area (Å²) in [4.78, 5) is 8.21. The summed E-state index contributed by atoms with van der Waals surface area (Å²) in [7, 11) is 0. The molecule has 0 aliphatic heterocycles. The average molecular weight is 256 g/mol. The molecular formula is C15H20N4. The van der Waals surface area contributed by atoms with Gasteiger partial charge in [-0.25, -0.2) is 4.98 Å². The van der Waals surface area contributed by atoms with Crippen LogP contribution in [0.1, 0.15) is 30.5 Å². The van der Waals surface area contributed by atoms with E-state index in [1.807, 2.05) is 36.7 Å². The maximum Gasteiger partial charge on any atom is 0.126 e. The molecule has 0 spiro atoms. The van der Waals surface area contributed by atoms with Crippen LogP contribution in [-0.4, -0.2) is 16.5 Å². The molecule has 4 heteroatoms. The lowest BCUT2D eigenvalue weighted by molar-refractivity contribution is 0.529. The molecule has 1 atom stereocenters. The molecule has 0 saturated carbocycles. The van der Waals surface area contributed by atoms with Crippen molar-refractivity contribution >= 4 is 5.82 Å². The molecule has 1 unspecified atom stereocenters. The Labute approximate surface area is 114 Å².